The molecule has 0 saturated carbocycles. The Morgan fingerprint density at radius 3 is 2.50 bits per heavy atom. The Morgan fingerprint density at radius 1 is 1.44 bits per heavy atom. The molecule has 0 aliphatic heterocycles. The zero-order chi connectivity index (χ0) is 12.3. The van der Waals surface area contributed by atoms with E-state index in [0.29, 0.717) is 17.4 Å². The van der Waals surface area contributed by atoms with Crippen LogP contribution in [0.4, 0.5) is 0 Å². The molecule has 1 N–H and O–H groups in total. The highest BCUT2D eigenvalue weighted by atomic mass is 35.5. The lowest BCUT2D eigenvalue weighted by Crippen LogP contribution is -2.15. The Kier molecular flexibility index (Phi) is 4.36. The van der Waals surface area contributed by atoms with Crippen molar-refractivity contribution in [2.24, 2.45) is 5.92 Å². The van der Waals surface area contributed by atoms with Gasteiger partial charge in [0, 0.05) is 5.02 Å². The van der Waals surface area contributed by atoms with Crippen molar-refractivity contribution in [3.8, 4) is 0 Å². The molecular formula is C13H17ClO2. The van der Waals surface area contributed by atoms with Gasteiger partial charge in [-0.3, -0.25) is 4.79 Å². The molecule has 0 aromatic heterocycles. The van der Waals surface area contributed by atoms with Crippen molar-refractivity contribution < 1.29 is 9.90 Å². The van der Waals surface area contributed by atoms with Crippen LogP contribution in [-0.2, 0) is 4.79 Å². The maximum Gasteiger partial charge on any atom is 0.310 e. The summed E-state index contributed by atoms with van der Waals surface area (Å²) in [6.45, 7) is 5.96. The second-order valence-electron chi connectivity index (χ2n) is 4.52. The molecule has 1 atom stereocenters. The fraction of sp³-hybridized carbons (Fsp3) is 0.462. The Labute approximate surface area is 101 Å². The molecule has 1 rings (SSSR count). The topological polar surface area (TPSA) is 37.3 Å². The van der Waals surface area contributed by atoms with Crippen LogP contribution < -0.4 is 0 Å². The molecule has 0 fully saturated rings. The van der Waals surface area contributed by atoms with Crippen LogP contribution in [0.25, 0.3) is 0 Å². The predicted molar refractivity (Wildman–Crippen MR) is 66.0 cm³/mol. The van der Waals surface area contributed by atoms with Gasteiger partial charge in [0.05, 0.1) is 5.92 Å². The van der Waals surface area contributed by atoms with E-state index < -0.39 is 11.9 Å². The number of hydrogen-bond acceptors (Lipinski definition) is 1. The van der Waals surface area contributed by atoms with Gasteiger partial charge in [0.25, 0.3) is 0 Å². The highest BCUT2D eigenvalue weighted by Crippen LogP contribution is 2.28. The summed E-state index contributed by atoms with van der Waals surface area (Å²) in [4.78, 5) is 11.2. The van der Waals surface area contributed by atoms with E-state index in [1.807, 2.05) is 32.9 Å². The summed E-state index contributed by atoms with van der Waals surface area (Å²) in [6, 6.07) is 5.38. The molecule has 16 heavy (non-hydrogen) atoms. The second kappa shape index (κ2) is 5.35. The fourth-order valence-electron chi connectivity index (χ4n) is 1.86. The summed E-state index contributed by atoms with van der Waals surface area (Å²) in [5.74, 6) is -0.840. The standard InChI is InChI=1S/C13H17ClO2/c1-8(2)6-12(13(15)16)11-5-4-10(14)7-9(11)3/h4-5,7-8,12H,6H2,1-3H3,(H,15,16). The molecule has 0 aliphatic rings. The van der Waals surface area contributed by atoms with Gasteiger partial charge in [-0.25, -0.2) is 0 Å². The van der Waals surface area contributed by atoms with E-state index in [0.717, 1.165) is 11.1 Å². The van der Waals surface area contributed by atoms with Crippen LogP contribution in [0.15, 0.2) is 18.2 Å². The van der Waals surface area contributed by atoms with E-state index in [-0.39, 0.29) is 0 Å². The lowest BCUT2D eigenvalue weighted by atomic mass is 9.88. The van der Waals surface area contributed by atoms with Crippen LogP contribution in [0.1, 0.15) is 37.3 Å². The molecular weight excluding hydrogens is 224 g/mol. The quantitative estimate of drug-likeness (QED) is 0.868. The molecule has 3 heteroatoms. The molecule has 0 heterocycles. The highest BCUT2D eigenvalue weighted by Gasteiger charge is 2.22. The van der Waals surface area contributed by atoms with Crippen LogP contribution in [0.3, 0.4) is 0 Å². The zero-order valence-corrected chi connectivity index (χ0v) is 10.6. The number of aryl methyl sites for hydroxylation is 1. The molecule has 88 valence electrons. The van der Waals surface area contributed by atoms with Crippen LogP contribution in [0, 0.1) is 12.8 Å². The number of benzene rings is 1. The molecule has 0 saturated heterocycles. The van der Waals surface area contributed by atoms with E-state index >= 15 is 0 Å². The fourth-order valence-corrected chi connectivity index (χ4v) is 2.09. The molecule has 1 aromatic rings. The first kappa shape index (κ1) is 13.0. The van der Waals surface area contributed by atoms with Crippen molar-refractivity contribution >= 4 is 17.6 Å². The van der Waals surface area contributed by atoms with E-state index in [4.69, 9.17) is 11.6 Å². The van der Waals surface area contributed by atoms with Crippen molar-refractivity contribution in [1.29, 1.82) is 0 Å². The number of carboxylic acids is 1. The normalized spacial score (nSPS) is 12.8. The molecule has 1 unspecified atom stereocenters. The van der Waals surface area contributed by atoms with Crippen LogP contribution >= 0.6 is 11.6 Å². The summed E-state index contributed by atoms with van der Waals surface area (Å²) in [5, 5.41) is 9.88. The van der Waals surface area contributed by atoms with E-state index in [9.17, 15) is 9.90 Å². The zero-order valence-electron chi connectivity index (χ0n) is 9.83. The number of halogens is 1. The van der Waals surface area contributed by atoms with Gasteiger partial charge < -0.3 is 5.11 Å². The van der Waals surface area contributed by atoms with Gasteiger partial charge in [-0.2, -0.15) is 0 Å². The third kappa shape index (κ3) is 3.24. The lowest BCUT2D eigenvalue weighted by molar-refractivity contribution is -0.139. The van der Waals surface area contributed by atoms with Crippen molar-refractivity contribution in [2.45, 2.75) is 33.1 Å². The Hall–Kier alpha value is -1.02. The molecule has 0 radical (unpaired) electrons. The average Bonchev–Trinajstić information content (AvgIpc) is 2.14. The van der Waals surface area contributed by atoms with Crippen LogP contribution in [0.2, 0.25) is 5.02 Å². The maximum absolute atomic E-state index is 11.2. The number of aliphatic carboxylic acids is 1. The number of carbonyl (C=O) groups is 1. The van der Waals surface area contributed by atoms with Crippen molar-refractivity contribution in [1.82, 2.24) is 0 Å². The maximum atomic E-state index is 11.2. The van der Waals surface area contributed by atoms with Gasteiger partial charge in [0.1, 0.15) is 0 Å². The monoisotopic (exact) mass is 240 g/mol. The molecule has 0 spiro atoms. The van der Waals surface area contributed by atoms with Gasteiger partial charge >= 0.3 is 5.97 Å². The van der Waals surface area contributed by atoms with Gasteiger partial charge in [0.2, 0.25) is 0 Å². The SMILES string of the molecule is Cc1cc(Cl)ccc1C(CC(C)C)C(=O)O. The average molecular weight is 241 g/mol. The third-order valence-corrected chi connectivity index (χ3v) is 2.85. The minimum atomic E-state index is -0.765. The Morgan fingerprint density at radius 2 is 2.06 bits per heavy atom. The largest absolute Gasteiger partial charge is 0.481 e. The minimum Gasteiger partial charge on any atom is -0.481 e. The van der Waals surface area contributed by atoms with Gasteiger partial charge in [-0.15, -0.1) is 0 Å². The van der Waals surface area contributed by atoms with Gasteiger partial charge in [-0.1, -0.05) is 31.5 Å². The van der Waals surface area contributed by atoms with Crippen LogP contribution in [0.5, 0.6) is 0 Å². The molecule has 1 aromatic carbocycles. The highest BCUT2D eigenvalue weighted by molar-refractivity contribution is 6.30. The number of rotatable bonds is 4. The molecule has 0 bridgehead atoms. The second-order valence-corrected chi connectivity index (χ2v) is 4.96. The first-order valence-electron chi connectivity index (χ1n) is 5.40. The molecule has 0 aliphatic carbocycles. The smallest absolute Gasteiger partial charge is 0.310 e. The minimum absolute atomic E-state index is 0.358. The number of hydrogen-bond donors (Lipinski definition) is 1. The van der Waals surface area contributed by atoms with E-state index in [1.54, 1.807) is 6.07 Å². The summed E-state index contributed by atoms with van der Waals surface area (Å²) < 4.78 is 0. The summed E-state index contributed by atoms with van der Waals surface area (Å²) >= 11 is 5.86. The summed E-state index contributed by atoms with van der Waals surface area (Å²) in [6.07, 6.45) is 0.651. The predicted octanol–water partition coefficient (Wildman–Crippen LogP) is 3.86. The van der Waals surface area contributed by atoms with Crippen molar-refractivity contribution in [3.63, 3.8) is 0 Å². The summed E-state index contributed by atoms with van der Waals surface area (Å²) in [7, 11) is 0. The lowest BCUT2D eigenvalue weighted by Gasteiger charge is -2.17. The van der Waals surface area contributed by atoms with Crippen LogP contribution in [-0.4, -0.2) is 11.1 Å². The Balaban J connectivity index is 3.06. The van der Waals surface area contributed by atoms with Gasteiger partial charge in [0.15, 0.2) is 0 Å². The van der Waals surface area contributed by atoms with Crippen molar-refractivity contribution in [3.05, 3.63) is 34.3 Å². The summed E-state index contributed by atoms with van der Waals surface area (Å²) in [5.41, 5.74) is 1.81. The Bertz CT molecular complexity index is 386. The van der Waals surface area contributed by atoms with E-state index in [2.05, 4.69) is 0 Å². The third-order valence-electron chi connectivity index (χ3n) is 2.61. The van der Waals surface area contributed by atoms with Crippen molar-refractivity contribution in [2.75, 3.05) is 0 Å². The number of carboxylic acid groups (broad SMARTS) is 1. The van der Waals surface area contributed by atoms with E-state index in [1.165, 1.54) is 0 Å². The first-order chi connectivity index (χ1) is 7.41. The molecule has 0 amide bonds. The molecule has 2 nitrogen and oxygen atoms in total. The van der Waals surface area contributed by atoms with Gasteiger partial charge in [-0.05, 0) is 42.5 Å². The first-order valence-corrected chi connectivity index (χ1v) is 5.78.